The van der Waals surface area contributed by atoms with Crippen LogP contribution in [0.1, 0.15) is 61.3 Å². The predicted octanol–water partition coefficient (Wildman–Crippen LogP) is 7.32. The second-order valence-corrected chi connectivity index (χ2v) is 12.1. The number of aromatic nitrogens is 4. The molecule has 1 saturated carbocycles. The number of alkyl halides is 6. The number of aliphatic carboxylic acids is 1. The van der Waals surface area contributed by atoms with Crippen LogP contribution in [-0.4, -0.2) is 44.4 Å². The lowest BCUT2D eigenvalue weighted by atomic mass is 9.80. The van der Waals surface area contributed by atoms with Crippen molar-refractivity contribution in [1.82, 2.24) is 20.2 Å². The summed E-state index contributed by atoms with van der Waals surface area (Å²) in [6, 6.07) is 7.18. The van der Waals surface area contributed by atoms with Crippen molar-refractivity contribution in [3.05, 3.63) is 63.1 Å². The van der Waals surface area contributed by atoms with E-state index in [0.29, 0.717) is 24.6 Å². The highest BCUT2D eigenvalue weighted by Crippen LogP contribution is 2.38. The number of carboxylic acid groups (broad SMARTS) is 1. The molecule has 1 aromatic heterocycles. The Morgan fingerprint density at radius 1 is 0.955 bits per heavy atom. The zero-order chi connectivity index (χ0) is 32.2. The molecule has 1 aliphatic rings. The smallest absolute Gasteiger partial charge is 0.416 e. The van der Waals surface area contributed by atoms with Gasteiger partial charge in [0.15, 0.2) is 0 Å². The van der Waals surface area contributed by atoms with Gasteiger partial charge in [-0.15, -0.1) is 5.10 Å². The molecule has 4 rings (SSSR count). The number of tetrazole rings is 1. The first kappa shape index (κ1) is 33.5. The fourth-order valence-corrected chi connectivity index (χ4v) is 6.11. The Morgan fingerprint density at radius 2 is 1.57 bits per heavy atom. The predicted molar refractivity (Wildman–Crippen MR) is 155 cm³/mol. The van der Waals surface area contributed by atoms with Gasteiger partial charge in [-0.2, -0.15) is 31.1 Å². The van der Waals surface area contributed by atoms with Crippen LogP contribution in [-0.2, 0) is 37.3 Å². The second kappa shape index (κ2) is 13.7. The number of hydrogen-bond donors (Lipinski definition) is 1. The third-order valence-electron chi connectivity index (χ3n) is 7.83. The summed E-state index contributed by atoms with van der Waals surface area (Å²) in [5.74, 6) is -0.224. The molecule has 1 fully saturated rings. The molecule has 0 unspecified atom stereocenters. The minimum atomic E-state index is -4.97. The summed E-state index contributed by atoms with van der Waals surface area (Å²) in [6.07, 6.45) is -6.31. The van der Waals surface area contributed by atoms with Crippen LogP contribution in [0.2, 0.25) is 0 Å². The summed E-state index contributed by atoms with van der Waals surface area (Å²) in [7, 11) is 1.51. The highest BCUT2D eigenvalue weighted by molar-refractivity contribution is 9.10. The molecule has 15 heteroatoms. The summed E-state index contributed by atoms with van der Waals surface area (Å²) < 4.78 is 82.3. The van der Waals surface area contributed by atoms with E-state index in [9.17, 15) is 31.1 Å². The molecule has 0 radical (unpaired) electrons. The van der Waals surface area contributed by atoms with Crippen molar-refractivity contribution in [1.29, 1.82) is 0 Å². The van der Waals surface area contributed by atoms with Crippen LogP contribution in [0.3, 0.4) is 0 Å². The van der Waals surface area contributed by atoms with E-state index < -0.39 is 29.4 Å². The van der Waals surface area contributed by atoms with Crippen molar-refractivity contribution in [2.45, 2.75) is 64.5 Å². The molecule has 44 heavy (non-hydrogen) atoms. The SMILES string of the molecule is CCN(C[C@H]1CC[C@H](CC(=O)O)CC1)c1ccc(Br)cc1CN(Cc1cc(C(F)(F)F)cc(C(F)(F)F)c1)c1nnn(C)n1. The van der Waals surface area contributed by atoms with Gasteiger partial charge in [0.2, 0.25) is 0 Å². The Labute approximate surface area is 259 Å². The number of hydrogen-bond acceptors (Lipinski definition) is 6. The van der Waals surface area contributed by atoms with Gasteiger partial charge in [-0.1, -0.05) is 21.0 Å². The van der Waals surface area contributed by atoms with E-state index in [2.05, 4.69) is 36.2 Å². The first-order valence-electron chi connectivity index (χ1n) is 14.1. The maximum Gasteiger partial charge on any atom is 0.416 e. The molecule has 0 atom stereocenters. The number of carbonyl (C=O) groups is 1. The third-order valence-corrected chi connectivity index (χ3v) is 8.33. The van der Waals surface area contributed by atoms with E-state index in [-0.39, 0.29) is 43.0 Å². The summed E-state index contributed by atoms with van der Waals surface area (Å²) in [6.45, 7) is 3.10. The largest absolute Gasteiger partial charge is 0.481 e. The van der Waals surface area contributed by atoms with Gasteiger partial charge in [0.05, 0.1) is 18.2 Å². The Hall–Kier alpha value is -3.36. The van der Waals surface area contributed by atoms with E-state index in [4.69, 9.17) is 5.11 Å². The first-order valence-corrected chi connectivity index (χ1v) is 14.9. The van der Waals surface area contributed by atoms with Crippen molar-refractivity contribution in [3.63, 3.8) is 0 Å². The zero-order valence-corrected chi connectivity index (χ0v) is 25.8. The number of carboxylic acids is 1. The number of benzene rings is 2. The molecule has 0 bridgehead atoms. The molecular formula is C29H33BrF6N6O2. The van der Waals surface area contributed by atoms with Crippen LogP contribution < -0.4 is 9.80 Å². The van der Waals surface area contributed by atoms with E-state index >= 15 is 0 Å². The minimum Gasteiger partial charge on any atom is -0.481 e. The monoisotopic (exact) mass is 690 g/mol. The van der Waals surface area contributed by atoms with Crippen LogP contribution in [0, 0.1) is 11.8 Å². The van der Waals surface area contributed by atoms with E-state index in [1.165, 1.54) is 11.9 Å². The Kier molecular flexibility index (Phi) is 10.5. The number of aryl methyl sites for hydroxylation is 1. The maximum absolute atomic E-state index is 13.6. The van der Waals surface area contributed by atoms with Gasteiger partial charge in [0.1, 0.15) is 0 Å². The fourth-order valence-electron chi connectivity index (χ4n) is 5.70. The van der Waals surface area contributed by atoms with Crippen LogP contribution in [0.25, 0.3) is 0 Å². The van der Waals surface area contributed by atoms with Gasteiger partial charge in [-0.05, 0) is 97.2 Å². The average molecular weight is 692 g/mol. The minimum absolute atomic E-state index is 0.0456. The number of nitrogens with zero attached hydrogens (tertiary/aromatic N) is 6. The quantitative estimate of drug-likeness (QED) is 0.211. The lowest BCUT2D eigenvalue weighted by Crippen LogP contribution is -2.33. The number of halogens is 7. The zero-order valence-electron chi connectivity index (χ0n) is 24.2. The highest BCUT2D eigenvalue weighted by Gasteiger charge is 2.37. The average Bonchev–Trinajstić information content (AvgIpc) is 3.37. The lowest BCUT2D eigenvalue weighted by Gasteiger charge is -2.34. The molecule has 2 aromatic carbocycles. The highest BCUT2D eigenvalue weighted by atomic mass is 79.9. The fraction of sp³-hybridized carbons (Fsp3) is 0.517. The van der Waals surface area contributed by atoms with Gasteiger partial charge in [0, 0.05) is 42.8 Å². The first-order chi connectivity index (χ1) is 20.6. The molecule has 240 valence electrons. The topological polar surface area (TPSA) is 87.4 Å². The third kappa shape index (κ3) is 8.85. The van der Waals surface area contributed by atoms with Gasteiger partial charge < -0.3 is 14.9 Å². The van der Waals surface area contributed by atoms with Crippen molar-refractivity contribution in [2.24, 2.45) is 18.9 Å². The van der Waals surface area contributed by atoms with Crippen molar-refractivity contribution in [2.75, 3.05) is 22.9 Å². The van der Waals surface area contributed by atoms with Crippen LogP contribution in [0.4, 0.5) is 38.0 Å². The molecule has 0 amide bonds. The van der Waals surface area contributed by atoms with Gasteiger partial charge in [-0.25, -0.2) is 0 Å². The standard InChI is InChI=1S/C29H33BrF6N6O2/c1-3-41(15-19-6-4-18(5-7-19)12-26(43)44)25-9-8-24(30)13-21(25)17-42(27-37-39-40(2)38-27)16-20-10-22(28(31,32)33)14-23(11-20)29(34,35)36/h8-11,13-14,18-19H,3-7,12,15-17H2,1-2H3,(H,43,44)/t18-,19-. The number of anilines is 2. The lowest BCUT2D eigenvalue weighted by molar-refractivity contribution is -0.143. The van der Waals surface area contributed by atoms with Gasteiger partial charge in [0.25, 0.3) is 5.95 Å². The molecule has 0 aliphatic heterocycles. The van der Waals surface area contributed by atoms with Crippen LogP contribution >= 0.6 is 15.9 Å². The van der Waals surface area contributed by atoms with Crippen LogP contribution in [0.5, 0.6) is 0 Å². The van der Waals surface area contributed by atoms with Crippen molar-refractivity contribution < 1.29 is 36.2 Å². The van der Waals surface area contributed by atoms with Gasteiger partial charge >= 0.3 is 18.3 Å². The Balaban J connectivity index is 1.64. The molecule has 1 heterocycles. The molecule has 1 N–H and O–H groups in total. The van der Waals surface area contributed by atoms with Crippen LogP contribution in [0.15, 0.2) is 40.9 Å². The molecule has 0 saturated heterocycles. The summed E-state index contributed by atoms with van der Waals surface area (Å²) in [5, 5.41) is 21.2. The van der Waals surface area contributed by atoms with Gasteiger partial charge in [-0.3, -0.25) is 4.79 Å². The molecule has 8 nitrogen and oxygen atoms in total. The van der Waals surface area contributed by atoms with Crippen molar-refractivity contribution >= 4 is 33.5 Å². The molecule has 1 aliphatic carbocycles. The summed E-state index contributed by atoms with van der Waals surface area (Å²) in [5.41, 5.74) is -1.38. The Morgan fingerprint density at radius 3 is 2.09 bits per heavy atom. The van der Waals surface area contributed by atoms with E-state index in [1.54, 1.807) is 0 Å². The number of rotatable bonds is 11. The van der Waals surface area contributed by atoms with E-state index in [1.807, 2.05) is 25.1 Å². The summed E-state index contributed by atoms with van der Waals surface area (Å²) >= 11 is 3.49. The maximum atomic E-state index is 13.6. The molecule has 3 aromatic rings. The summed E-state index contributed by atoms with van der Waals surface area (Å²) in [4.78, 5) is 16.0. The molecular weight excluding hydrogens is 658 g/mol. The Bertz CT molecular complexity index is 1410. The second-order valence-electron chi connectivity index (χ2n) is 11.1. The van der Waals surface area contributed by atoms with Crippen molar-refractivity contribution in [3.8, 4) is 0 Å². The normalized spacial score (nSPS) is 17.5. The molecule has 0 spiro atoms. The van der Waals surface area contributed by atoms with E-state index in [0.717, 1.165) is 52.7 Å².